The van der Waals surface area contributed by atoms with E-state index in [1.165, 1.54) is 23.9 Å². The second-order valence-electron chi connectivity index (χ2n) is 6.20. The van der Waals surface area contributed by atoms with E-state index in [-0.39, 0.29) is 22.0 Å². The van der Waals surface area contributed by atoms with Crippen molar-refractivity contribution in [2.75, 3.05) is 0 Å². The molecule has 0 aromatic carbocycles. The van der Waals surface area contributed by atoms with E-state index in [1.54, 1.807) is 0 Å². The maximum Gasteiger partial charge on any atom is 0.352 e. The van der Waals surface area contributed by atoms with Crippen LogP contribution in [0.4, 0.5) is 0 Å². The van der Waals surface area contributed by atoms with Gasteiger partial charge in [-0.15, -0.1) is 0 Å². The van der Waals surface area contributed by atoms with Crippen LogP contribution in [0, 0.1) is 5.41 Å². The number of carbonyl (C=O) groups is 1. The minimum Gasteiger partial charge on any atom is -0.477 e. The normalized spacial score (nSPS) is 22.1. The summed E-state index contributed by atoms with van der Waals surface area (Å²) in [7, 11) is -2.15. The van der Waals surface area contributed by atoms with Crippen molar-refractivity contribution in [2.24, 2.45) is 12.5 Å². The highest BCUT2D eigenvalue weighted by Crippen LogP contribution is 2.37. The molecule has 0 bridgehead atoms. The van der Waals surface area contributed by atoms with E-state index in [1.807, 2.05) is 0 Å². The van der Waals surface area contributed by atoms with E-state index in [4.69, 9.17) is 5.11 Å². The number of nitrogens with zero attached hydrogens (tertiary/aromatic N) is 1. The Morgan fingerprint density at radius 2 is 2.15 bits per heavy atom. The van der Waals surface area contributed by atoms with Gasteiger partial charge in [-0.1, -0.05) is 13.8 Å². The van der Waals surface area contributed by atoms with Crippen molar-refractivity contribution in [1.82, 2.24) is 9.29 Å². The molecule has 1 fully saturated rings. The van der Waals surface area contributed by atoms with Gasteiger partial charge in [0.2, 0.25) is 10.0 Å². The highest BCUT2D eigenvalue weighted by Gasteiger charge is 2.34. The standard InChI is InChI=1S/C13H20N2O4S/c1-13(2)5-4-9(7-13)14-20(18,19)10-6-11(12(16)17)15(3)8-10/h6,8-9,14H,4-5,7H2,1-3H3,(H,16,17). The second kappa shape index (κ2) is 4.89. The van der Waals surface area contributed by atoms with Gasteiger partial charge in [-0.2, -0.15) is 0 Å². The van der Waals surface area contributed by atoms with E-state index in [2.05, 4.69) is 18.6 Å². The van der Waals surface area contributed by atoms with Gasteiger partial charge in [0.15, 0.2) is 0 Å². The summed E-state index contributed by atoms with van der Waals surface area (Å²) in [5, 5.41) is 8.96. The minimum absolute atomic E-state index is 0.00195. The van der Waals surface area contributed by atoms with Gasteiger partial charge in [-0.05, 0) is 30.7 Å². The van der Waals surface area contributed by atoms with Crippen molar-refractivity contribution in [3.05, 3.63) is 18.0 Å². The fraction of sp³-hybridized carbons (Fsp3) is 0.615. The molecule has 112 valence electrons. The van der Waals surface area contributed by atoms with Gasteiger partial charge in [0.1, 0.15) is 10.6 Å². The number of nitrogens with one attached hydrogen (secondary N) is 1. The molecule has 1 aromatic heterocycles. The summed E-state index contributed by atoms with van der Waals surface area (Å²) in [4.78, 5) is 11.0. The Balaban J connectivity index is 2.19. The molecule has 1 unspecified atom stereocenters. The first-order chi connectivity index (χ1) is 9.11. The molecule has 20 heavy (non-hydrogen) atoms. The van der Waals surface area contributed by atoms with Crippen LogP contribution in [0.5, 0.6) is 0 Å². The molecule has 0 aliphatic heterocycles. The Morgan fingerprint density at radius 1 is 1.50 bits per heavy atom. The summed E-state index contributed by atoms with van der Waals surface area (Å²) in [5.74, 6) is -1.14. The third-order valence-corrected chi connectivity index (χ3v) is 5.29. The number of sulfonamides is 1. The minimum atomic E-state index is -3.66. The van der Waals surface area contributed by atoms with E-state index < -0.39 is 16.0 Å². The molecule has 1 heterocycles. The van der Waals surface area contributed by atoms with E-state index in [0.717, 1.165) is 19.3 Å². The van der Waals surface area contributed by atoms with Crippen molar-refractivity contribution < 1.29 is 18.3 Å². The molecule has 1 aliphatic carbocycles. The number of rotatable bonds is 4. The van der Waals surface area contributed by atoms with Crippen LogP contribution in [0.2, 0.25) is 0 Å². The third kappa shape index (κ3) is 3.04. The third-order valence-electron chi connectivity index (χ3n) is 3.80. The van der Waals surface area contributed by atoms with Crippen LogP contribution in [-0.4, -0.2) is 30.1 Å². The highest BCUT2D eigenvalue weighted by atomic mass is 32.2. The maximum atomic E-state index is 12.3. The van der Waals surface area contributed by atoms with Gasteiger partial charge >= 0.3 is 5.97 Å². The van der Waals surface area contributed by atoms with Crippen LogP contribution in [0.3, 0.4) is 0 Å². The summed E-state index contributed by atoms with van der Waals surface area (Å²) in [6, 6.07) is 1.11. The lowest BCUT2D eigenvalue weighted by atomic mass is 9.92. The van der Waals surface area contributed by atoms with Gasteiger partial charge < -0.3 is 9.67 Å². The second-order valence-corrected chi connectivity index (χ2v) is 7.92. The first kappa shape index (κ1) is 15.1. The SMILES string of the molecule is Cn1cc(S(=O)(=O)NC2CCC(C)(C)C2)cc1C(=O)O. The summed E-state index contributed by atoms with van der Waals surface area (Å²) >= 11 is 0. The molecule has 0 saturated heterocycles. The molecule has 2 rings (SSSR count). The largest absolute Gasteiger partial charge is 0.477 e. The number of aromatic carboxylic acids is 1. The Morgan fingerprint density at radius 3 is 2.60 bits per heavy atom. The maximum absolute atomic E-state index is 12.3. The topological polar surface area (TPSA) is 88.4 Å². The van der Waals surface area contributed by atoms with Crippen molar-refractivity contribution in [3.63, 3.8) is 0 Å². The monoisotopic (exact) mass is 300 g/mol. The number of hydrogen-bond donors (Lipinski definition) is 2. The molecule has 0 radical (unpaired) electrons. The number of aryl methyl sites for hydroxylation is 1. The van der Waals surface area contributed by atoms with E-state index in [0.29, 0.717) is 0 Å². The van der Waals surface area contributed by atoms with Gasteiger partial charge in [-0.25, -0.2) is 17.9 Å². The fourth-order valence-corrected chi connectivity index (χ4v) is 4.06. The molecule has 6 nitrogen and oxygen atoms in total. The predicted octanol–water partition coefficient (Wildman–Crippen LogP) is 1.58. The predicted molar refractivity (Wildman–Crippen MR) is 74.1 cm³/mol. The van der Waals surface area contributed by atoms with Crippen molar-refractivity contribution in [2.45, 2.75) is 44.0 Å². The van der Waals surface area contributed by atoms with Gasteiger partial charge in [0.25, 0.3) is 0 Å². The van der Waals surface area contributed by atoms with E-state index in [9.17, 15) is 13.2 Å². The lowest BCUT2D eigenvalue weighted by Crippen LogP contribution is -2.33. The van der Waals surface area contributed by atoms with Crippen LogP contribution < -0.4 is 4.72 Å². The molecule has 1 saturated carbocycles. The zero-order valence-electron chi connectivity index (χ0n) is 11.9. The zero-order valence-corrected chi connectivity index (χ0v) is 12.7. The first-order valence-corrected chi connectivity index (χ1v) is 8.01. The number of carboxylic acids is 1. The van der Waals surface area contributed by atoms with Gasteiger partial charge in [0, 0.05) is 19.3 Å². The van der Waals surface area contributed by atoms with Gasteiger partial charge in [0.05, 0.1) is 0 Å². The molecule has 1 atom stereocenters. The van der Waals surface area contributed by atoms with Crippen LogP contribution in [-0.2, 0) is 17.1 Å². The Kier molecular flexibility index (Phi) is 3.68. The van der Waals surface area contributed by atoms with Crippen molar-refractivity contribution in [3.8, 4) is 0 Å². The average Bonchev–Trinajstić information content (AvgIpc) is 2.82. The Hall–Kier alpha value is -1.34. The molecule has 7 heteroatoms. The molecular formula is C13H20N2O4S. The molecule has 0 amide bonds. The fourth-order valence-electron chi connectivity index (χ4n) is 2.72. The smallest absolute Gasteiger partial charge is 0.352 e. The summed E-state index contributed by atoms with van der Waals surface area (Å²) in [5.41, 5.74) is 0.105. The Bertz CT molecular complexity index is 631. The average molecular weight is 300 g/mol. The number of carboxylic acid groups (broad SMARTS) is 1. The van der Waals surface area contributed by atoms with Crippen LogP contribution >= 0.6 is 0 Å². The van der Waals surface area contributed by atoms with E-state index >= 15 is 0 Å². The molecule has 0 spiro atoms. The number of aromatic nitrogens is 1. The summed E-state index contributed by atoms with van der Waals surface area (Å²) < 4.78 is 28.5. The summed E-state index contributed by atoms with van der Waals surface area (Å²) in [6.07, 6.45) is 3.91. The first-order valence-electron chi connectivity index (χ1n) is 6.53. The van der Waals surface area contributed by atoms with Gasteiger partial charge in [-0.3, -0.25) is 0 Å². The highest BCUT2D eigenvalue weighted by molar-refractivity contribution is 7.89. The van der Waals surface area contributed by atoms with Crippen LogP contribution in [0.25, 0.3) is 0 Å². The molecule has 1 aliphatic rings. The molecule has 1 aromatic rings. The summed E-state index contributed by atoms with van der Waals surface area (Å²) in [6.45, 7) is 4.23. The number of hydrogen-bond acceptors (Lipinski definition) is 3. The van der Waals surface area contributed by atoms with Crippen LogP contribution in [0.1, 0.15) is 43.6 Å². The lowest BCUT2D eigenvalue weighted by molar-refractivity contribution is 0.0686. The zero-order chi connectivity index (χ0) is 15.1. The molecule has 2 N–H and O–H groups in total. The van der Waals surface area contributed by atoms with Crippen LogP contribution in [0.15, 0.2) is 17.2 Å². The lowest BCUT2D eigenvalue weighted by Gasteiger charge is -2.17. The van der Waals surface area contributed by atoms with Crippen molar-refractivity contribution in [1.29, 1.82) is 0 Å². The Labute approximate surface area is 118 Å². The molecular weight excluding hydrogens is 280 g/mol. The quantitative estimate of drug-likeness (QED) is 0.883. The van der Waals surface area contributed by atoms with Crippen molar-refractivity contribution >= 4 is 16.0 Å².